The number of amides is 1. The fourth-order valence-corrected chi connectivity index (χ4v) is 2.90. The first-order valence-corrected chi connectivity index (χ1v) is 8.36. The van der Waals surface area contributed by atoms with Crippen molar-refractivity contribution in [3.63, 3.8) is 0 Å². The number of carbonyl (C=O) groups excluding carboxylic acids is 1. The van der Waals surface area contributed by atoms with Crippen molar-refractivity contribution in [2.45, 2.75) is 38.1 Å². The molecule has 0 radical (unpaired) electrons. The molecule has 2 rings (SSSR count). The molecule has 24 heavy (non-hydrogen) atoms. The first-order chi connectivity index (χ1) is 11.4. The summed E-state index contributed by atoms with van der Waals surface area (Å²) in [7, 11) is 0. The standard InChI is InChI=1S/C17H20N4O2S/c1-10-9-11(2)19-17(18-10)24-13(4)16(23)21-20-12(3)14-7-5-6-8-15(14)22/h5-9,13,22H,1-4H3,(H,21,23)/b20-12+/t13-/m1/s1. The Morgan fingerprint density at radius 3 is 2.50 bits per heavy atom. The fraction of sp³-hybridized carbons (Fsp3) is 0.294. The molecule has 1 atom stereocenters. The highest BCUT2D eigenvalue weighted by atomic mass is 32.2. The quantitative estimate of drug-likeness (QED) is 0.377. The molecule has 0 saturated carbocycles. The van der Waals surface area contributed by atoms with Crippen LogP contribution in [0.4, 0.5) is 0 Å². The monoisotopic (exact) mass is 344 g/mol. The number of aromatic nitrogens is 2. The first kappa shape index (κ1) is 17.9. The third-order valence-corrected chi connectivity index (χ3v) is 4.20. The Bertz CT molecular complexity index is 757. The number of aryl methyl sites for hydroxylation is 2. The summed E-state index contributed by atoms with van der Waals surface area (Å²) in [4.78, 5) is 20.8. The average Bonchev–Trinajstić information content (AvgIpc) is 2.51. The first-order valence-electron chi connectivity index (χ1n) is 7.48. The number of hydrazone groups is 1. The van der Waals surface area contributed by atoms with Crippen LogP contribution in [-0.4, -0.2) is 31.9 Å². The summed E-state index contributed by atoms with van der Waals surface area (Å²) >= 11 is 1.28. The second-order valence-corrected chi connectivity index (χ2v) is 6.69. The zero-order valence-corrected chi connectivity index (χ0v) is 14.9. The van der Waals surface area contributed by atoms with Gasteiger partial charge in [0.2, 0.25) is 0 Å². The summed E-state index contributed by atoms with van der Waals surface area (Å²) in [6.45, 7) is 7.28. The third-order valence-electron chi connectivity index (χ3n) is 3.24. The van der Waals surface area contributed by atoms with Crippen LogP contribution in [0.5, 0.6) is 5.75 Å². The summed E-state index contributed by atoms with van der Waals surface area (Å²) in [5.74, 6) is -0.128. The van der Waals surface area contributed by atoms with Crippen molar-refractivity contribution in [1.82, 2.24) is 15.4 Å². The number of phenolic OH excluding ortho intramolecular Hbond substituents is 1. The molecule has 0 aliphatic heterocycles. The molecule has 1 heterocycles. The van der Waals surface area contributed by atoms with Crippen LogP contribution in [0.2, 0.25) is 0 Å². The molecule has 0 saturated heterocycles. The van der Waals surface area contributed by atoms with E-state index in [1.54, 1.807) is 38.1 Å². The molecule has 0 fully saturated rings. The lowest BCUT2D eigenvalue weighted by Gasteiger charge is -2.10. The van der Waals surface area contributed by atoms with Crippen molar-refractivity contribution in [3.05, 3.63) is 47.3 Å². The molecule has 126 valence electrons. The van der Waals surface area contributed by atoms with Gasteiger partial charge >= 0.3 is 0 Å². The molecule has 0 aliphatic carbocycles. The molecule has 1 amide bonds. The van der Waals surface area contributed by atoms with Crippen LogP contribution in [0.25, 0.3) is 0 Å². The van der Waals surface area contributed by atoms with Crippen molar-refractivity contribution < 1.29 is 9.90 Å². The summed E-state index contributed by atoms with van der Waals surface area (Å²) < 4.78 is 0. The Morgan fingerprint density at radius 1 is 1.25 bits per heavy atom. The number of hydrogen-bond donors (Lipinski definition) is 2. The van der Waals surface area contributed by atoms with Crippen LogP contribution < -0.4 is 5.43 Å². The van der Waals surface area contributed by atoms with Crippen LogP contribution in [0.3, 0.4) is 0 Å². The lowest BCUT2D eigenvalue weighted by atomic mass is 10.1. The third kappa shape index (κ3) is 4.79. The maximum absolute atomic E-state index is 12.2. The molecule has 0 spiro atoms. The van der Waals surface area contributed by atoms with Crippen molar-refractivity contribution >= 4 is 23.4 Å². The van der Waals surface area contributed by atoms with E-state index in [4.69, 9.17) is 0 Å². The van der Waals surface area contributed by atoms with Gasteiger partial charge in [-0.2, -0.15) is 5.10 Å². The minimum Gasteiger partial charge on any atom is -0.507 e. The van der Waals surface area contributed by atoms with Crippen molar-refractivity contribution in [2.75, 3.05) is 0 Å². The molecule has 0 bridgehead atoms. The van der Waals surface area contributed by atoms with E-state index < -0.39 is 5.25 Å². The SMILES string of the molecule is C/C(=N\NC(=O)[C@@H](C)Sc1nc(C)cc(C)n1)c1ccccc1O. The van der Waals surface area contributed by atoms with Gasteiger partial charge in [0.1, 0.15) is 5.75 Å². The zero-order valence-electron chi connectivity index (χ0n) is 14.1. The number of phenols is 1. The fourth-order valence-electron chi connectivity index (χ4n) is 2.03. The van der Waals surface area contributed by atoms with Crippen LogP contribution >= 0.6 is 11.8 Å². The zero-order chi connectivity index (χ0) is 17.7. The molecule has 0 unspecified atom stereocenters. The van der Waals surface area contributed by atoms with E-state index in [0.29, 0.717) is 16.4 Å². The summed E-state index contributed by atoms with van der Waals surface area (Å²) in [6.07, 6.45) is 0. The topological polar surface area (TPSA) is 87.5 Å². The largest absolute Gasteiger partial charge is 0.507 e. The van der Waals surface area contributed by atoms with Gasteiger partial charge < -0.3 is 5.11 Å². The van der Waals surface area contributed by atoms with Gasteiger partial charge in [-0.05, 0) is 45.9 Å². The van der Waals surface area contributed by atoms with Gasteiger partial charge in [0.05, 0.1) is 11.0 Å². The molecule has 2 aromatic rings. The van der Waals surface area contributed by atoms with Crippen LogP contribution in [0, 0.1) is 13.8 Å². The lowest BCUT2D eigenvalue weighted by molar-refractivity contribution is -0.120. The number of hydrogen-bond acceptors (Lipinski definition) is 6. The minimum atomic E-state index is -0.396. The number of thioether (sulfide) groups is 1. The second kappa shape index (κ2) is 7.92. The number of benzene rings is 1. The smallest absolute Gasteiger partial charge is 0.253 e. The van der Waals surface area contributed by atoms with E-state index >= 15 is 0 Å². The Hall–Kier alpha value is -2.41. The molecule has 0 aliphatic rings. The Balaban J connectivity index is 2.01. The van der Waals surface area contributed by atoms with Gasteiger partial charge in [-0.3, -0.25) is 4.79 Å². The maximum atomic E-state index is 12.2. The highest BCUT2D eigenvalue weighted by Crippen LogP contribution is 2.20. The van der Waals surface area contributed by atoms with Crippen molar-refractivity contribution in [1.29, 1.82) is 0 Å². The Labute approximate surface area is 145 Å². The van der Waals surface area contributed by atoms with E-state index in [9.17, 15) is 9.90 Å². The Morgan fingerprint density at radius 2 is 1.88 bits per heavy atom. The van der Waals surface area contributed by atoms with E-state index in [-0.39, 0.29) is 11.7 Å². The van der Waals surface area contributed by atoms with E-state index in [0.717, 1.165) is 11.4 Å². The molecule has 1 aromatic heterocycles. The molecule has 2 N–H and O–H groups in total. The molecule has 1 aromatic carbocycles. The van der Waals surface area contributed by atoms with Gasteiger partial charge in [-0.15, -0.1) is 0 Å². The van der Waals surface area contributed by atoms with E-state index in [2.05, 4.69) is 20.5 Å². The highest BCUT2D eigenvalue weighted by Gasteiger charge is 2.16. The van der Waals surface area contributed by atoms with Gasteiger partial charge in [-0.25, -0.2) is 15.4 Å². The van der Waals surface area contributed by atoms with Crippen LogP contribution in [0.15, 0.2) is 40.6 Å². The summed E-state index contributed by atoms with van der Waals surface area (Å²) in [5.41, 5.74) is 5.36. The number of nitrogens with zero attached hydrogens (tertiary/aromatic N) is 3. The number of nitrogens with one attached hydrogen (secondary N) is 1. The van der Waals surface area contributed by atoms with Gasteiger partial charge in [0.15, 0.2) is 5.16 Å². The average molecular weight is 344 g/mol. The molecule has 6 nitrogen and oxygen atoms in total. The van der Waals surface area contributed by atoms with E-state index in [1.165, 1.54) is 11.8 Å². The van der Waals surface area contributed by atoms with Crippen molar-refractivity contribution in [2.24, 2.45) is 5.10 Å². The maximum Gasteiger partial charge on any atom is 0.253 e. The summed E-state index contributed by atoms with van der Waals surface area (Å²) in [6, 6.07) is 8.72. The molecular formula is C17H20N4O2S. The normalized spacial score (nSPS) is 12.8. The number of para-hydroxylation sites is 1. The van der Waals surface area contributed by atoms with Crippen molar-refractivity contribution in [3.8, 4) is 5.75 Å². The van der Waals surface area contributed by atoms with Crippen LogP contribution in [-0.2, 0) is 4.79 Å². The number of carbonyl (C=O) groups is 1. The van der Waals surface area contributed by atoms with Gasteiger partial charge in [-0.1, -0.05) is 23.9 Å². The molecule has 7 heteroatoms. The van der Waals surface area contributed by atoms with E-state index in [1.807, 2.05) is 19.9 Å². The predicted octanol–water partition coefficient (Wildman–Crippen LogP) is 2.82. The molecular weight excluding hydrogens is 324 g/mol. The Kier molecular flexibility index (Phi) is 5.92. The predicted molar refractivity (Wildman–Crippen MR) is 95.3 cm³/mol. The number of rotatable bonds is 5. The number of aromatic hydroxyl groups is 1. The lowest BCUT2D eigenvalue weighted by Crippen LogP contribution is -2.28. The highest BCUT2D eigenvalue weighted by molar-refractivity contribution is 8.00. The minimum absolute atomic E-state index is 0.124. The van der Waals surface area contributed by atoms with Crippen LogP contribution in [0.1, 0.15) is 30.8 Å². The summed E-state index contributed by atoms with van der Waals surface area (Å²) in [5, 5.41) is 14.0. The van der Waals surface area contributed by atoms with Gasteiger partial charge in [0, 0.05) is 17.0 Å². The van der Waals surface area contributed by atoms with Gasteiger partial charge in [0.25, 0.3) is 5.91 Å². The second-order valence-electron chi connectivity index (χ2n) is 5.38.